The van der Waals surface area contributed by atoms with Gasteiger partial charge in [0.05, 0.1) is 36.3 Å². The van der Waals surface area contributed by atoms with Crippen LogP contribution in [0.4, 0.5) is 0 Å². The van der Waals surface area contributed by atoms with Crippen molar-refractivity contribution in [1.82, 2.24) is 15.5 Å². The van der Waals surface area contributed by atoms with Gasteiger partial charge >= 0.3 is 0 Å². The quantitative estimate of drug-likeness (QED) is 0.643. The molecule has 2 amide bonds. The van der Waals surface area contributed by atoms with Gasteiger partial charge in [0.25, 0.3) is 11.8 Å². The summed E-state index contributed by atoms with van der Waals surface area (Å²) in [6.45, 7) is 1.59. The van der Waals surface area contributed by atoms with E-state index in [0.717, 1.165) is 29.8 Å². The predicted molar refractivity (Wildman–Crippen MR) is 118 cm³/mol. The van der Waals surface area contributed by atoms with Crippen LogP contribution < -0.4 is 20.1 Å². The van der Waals surface area contributed by atoms with Gasteiger partial charge in [-0.2, -0.15) is 0 Å². The SMILES string of the molecule is COc1ccc(C2=C3C(=O)NC(c4ccc(OCCCN(C)C)cc4)=C3C(=O)N2)cc1. The smallest absolute Gasteiger partial charge is 0.258 e. The second-order valence-electron chi connectivity index (χ2n) is 7.67. The van der Waals surface area contributed by atoms with Gasteiger partial charge in [-0.1, -0.05) is 0 Å². The van der Waals surface area contributed by atoms with Crippen molar-refractivity contribution in [3.8, 4) is 11.5 Å². The molecule has 4 rings (SSSR count). The van der Waals surface area contributed by atoms with E-state index in [1.807, 2.05) is 50.5 Å². The van der Waals surface area contributed by atoms with E-state index in [1.54, 1.807) is 19.2 Å². The Labute approximate surface area is 181 Å². The number of hydrogen-bond donors (Lipinski definition) is 2. The van der Waals surface area contributed by atoms with Crippen LogP contribution in [0.1, 0.15) is 17.5 Å². The van der Waals surface area contributed by atoms with E-state index in [9.17, 15) is 9.59 Å². The zero-order valence-corrected chi connectivity index (χ0v) is 17.8. The number of carbonyl (C=O) groups is 2. The molecule has 7 heteroatoms. The van der Waals surface area contributed by atoms with Gasteiger partial charge in [-0.3, -0.25) is 9.59 Å². The van der Waals surface area contributed by atoms with E-state index < -0.39 is 0 Å². The van der Waals surface area contributed by atoms with Crippen LogP contribution in [0.3, 0.4) is 0 Å². The fraction of sp³-hybridized carbons (Fsp3) is 0.250. The first-order valence-electron chi connectivity index (χ1n) is 10.1. The Hall–Kier alpha value is -3.58. The van der Waals surface area contributed by atoms with Gasteiger partial charge in [-0.15, -0.1) is 0 Å². The predicted octanol–water partition coefficient (Wildman–Crippen LogP) is 2.41. The number of methoxy groups -OCH3 is 1. The molecule has 0 aromatic heterocycles. The van der Waals surface area contributed by atoms with Crippen molar-refractivity contribution in [3.05, 3.63) is 70.8 Å². The molecule has 7 nitrogen and oxygen atoms in total. The van der Waals surface area contributed by atoms with Gasteiger partial charge in [0.2, 0.25) is 0 Å². The first kappa shape index (κ1) is 20.7. The third-order valence-electron chi connectivity index (χ3n) is 5.22. The summed E-state index contributed by atoms with van der Waals surface area (Å²) >= 11 is 0. The van der Waals surface area contributed by atoms with Crippen LogP contribution in [-0.4, -0.2) is 51.1 Å². The Bertz CT molecular complexity index is 1070. The lowest BCUT2D eigenvalue weighted by molar-refractivity contribution is -0.117. The average molecular weight is 419 g/mol. The summed E-state index contributed by atoms with van der Waals surface area (Å²) in [7, 11) is 5.65. The molecule has 0 spiro atoms. The van der Waals surface area contributed by atoms with Crippen molar-refractivity contribution in [3.63, 3.8) is 0 Å². The molecule has 2 N–H and O–H groups in total. The number of carbonyl (C=O) groups excluding carboxylic acids is 2. The molecule has 0 saturated heterocycles. The van der Waals surface area contributed by atoms with Crippen LogP contribution in [0.15, 0.2) is 59.7 Å². The van der Waals surface area contributed by atoms with Crippen LogP contribution in [0.25, 0.3) is 11.4 Å². The number of ether oxygens (including phenoxy) is 2. The van der Waals surface area contributed by atoms with Gasteiger partial charge in [0.15, 0.2) is 0 Å². The third kappa shape index (κ3) is 4.18. The molecule has 0 aliphatic carbocycles. The van der Waals surface area contributed by atoms with Crippen molar-refractivity contribution < 1.29 is 19.1 Å². The first-order chi connectivity index (χ1) is 15.0. The lowest BCUT2D eigenvalue weighted by Crippen LogP contribution is -2.21. The highest BCUT2D eigenvalue weighted by Gasteiger charge is 2.40. The zero-order valence-electron chi connectivity index (χ0n) is 17.8. The maximum Gasteiger partial charge on any atom is 0.258 e. The van der Waals surface area contributed by atoms with Crippen LogP contribution in [0.2, 0.25) is 0 Å². The van der Waals surface area contributed by atoms with E-state index in [0.29, 0.717) is 34.9 Å². The normalized spacial score (nSPS) is 15.4. The summed E-state index contributed by atoms with van der Waals surface area (Å²) in [5, 5.41) is 5.71. The van der Waals surface area contributed by atoms with E-state index in [2.05, 4.69) is 15.5 Å². The Morgan fingerprint density at radius 3 is 1.71 bits per heavy atom. The standard InChI is InChI=1S/C24H25N3O4/c1-27(2)13-4-14-31-18-11-7-16(8-12-18)22-20-19(23(28)26-22)21(25-24(20)29)15-5-9-17(30-3)10-6-15/h5-12H,4,13-14H2,1-3H3,(H,25,29)(H,26,28). The van der Waals surface area contributed by atoms with Gasteiger partial charge in [-0.25, -0.2) is 0 Å². The molecule has 2 heterocycles. The average Bonchev–Trinajstić information content (AvgIpc) is 3.30. The zero-order chi connectivity index (χ0) is 22.0. The van der Waals surface area contributed by atoms with Crippen molar-refractivity contribution in [1.29, 1.82) is 0 Å². The van der Waals surface area contributed by atoms with Crippen LogP contribution in [0, 0.1) is 0 Å². The number of benzene rings is 2. The third-order valence-corrected chi connectivity index (χ3v) is 5.22. The van der Waals surface area contributed by atoms with Crippen molar-refractivity contribution in [2.24, 2.45) is 0 Å². The maximum absolute atomic E-state index is 12.7. The molecule has 160 valence electrons. The second kappa shape index (κ2) is 8.65. The fourth-order valence-electron chi connectivity index (χ4n) is 3.66. The molecule has 2 aromatic carbocycles. The summed E-state index contributed by atoms with van der Waals surface area (Å²) in [4.78, 5) is 27.6. The Balaban J connectivity index is 1.58. The minimum absolute atomic E-state index is 0.293. The summed E-state index contributed by atoms with van der Waals surface area (Å²) < 4.78 is 10.9. The molecule has 0 atom stereocenters. The first-order valence-corrected chi connectivity index (χ1v) is 10.1. The van der Waals surface area contributed by atoms with Crippen molar-refractivity contribution in [2.75, 3.05) is 34.4 Å². The number of fused-ring (bicyclic) bond motifs is 1. The number of hydrogen-bond acceptors (Lipinski definition) is 5. The molecule has 0 unspecified atom stereocenters. The molecular formula is C24H25N3O4. The second-order valence-corrected chi connectivity index (χ2v) is 7.67. The molecule has 2 aliphatic rings. The minimum Gasteiger partial charge on any atom is -0.497 e. The van der Waals surface area contributed by atoms with Crippen LogP contribution in [-0.2, 0) is 9.59 Å². The highest BCUT2D eigenvalue weighted by molar-refractivity contribution is 6.30. The molecule has 0 radical (unpaired) electrons. The van der Waals surface area contributed by atoms with Crippen molar-refractivity contribution in [2.45, 2.75) is 6.42 Å². The van der Waals surface area contributed by atoms with Crippen molar-refractivity contribution >= 4 is 23.2 Å². The van der Waals surface area contributed by atoms with Gasteiger partial charge < -0.3 is 25.0 Å². The fourth-order valence-corrected chi connectivity index (χ4v) is 3.66. The molecule has 2 aliphatic heterocycles. The number of amides is 2. The van der Waals surface area contributed by atoms with Crippen LogP contribution >= 0.6 is 0 Å². The molecule has 0 fully saturated rings. The number of nitrogens with one attached hydrogen (secondary N) is 2. The Morgan fingerprint density at radius 1 is 0.774 bits per heavy atom. The van der Waals surface area contributed by atoms with E-state index in [-0.39, 0.29) is 11.8 Å². The van der Waals surface area contributed by atoms with E-state index in [1.165, 1.54) is 0 Å². The minimum atomic E-state index is -0.293. The summed E-state index contributed by atoms with van der Waals surface area (Å²) in [6, 6.07) is 14.6. The summed E-state index contributed by atoms with van der Waals surface area (Å²) in [5.74, 6) is 0.870. The van der Waals surface area contributed by atoms with Gasteiger partial charge in [-0.05, 0) is 80.2 Å². The summed E-state index contributed by atoms with van der Waals surface area (Å²) in [5.41, 5.74) is 3.27. The van der Waals surface area contributed by atoms with E-state index >= 15 is 0 Å². The number of nitrogens with zero attached hydrogens (tertiary/aromatic N) is 1. The maximum atomic E-state index is 12.7. The molecule has 0 saturated carbocycles. The molecule has 2 aromatic rings. The monoisotopic (exact) mass is 419 g/mol. The van der Waals surface area contributed by atoms with Gasteiger partial charge in [0, 0.05) is 6.54 Å². The molecule has 31 heavy (non-hydrogen) atoms. The highest BCUT2D eigenvalue weighted by Crippen LogP contribution is 2.37. The lowest BCUT2D eigenvalue weighted by atomic mass is 10.0. The Morgan fingerprint density at radius 2 is 1.26 bits per heavy atom. The van der Waals surface area contributed by atoms with E-state index in [4.69, 9.17) is 9.47 Å². The molecule has 0 bridgehead atoms. The van der Waals surface area contributed by atoms with Gasteiger partial charge in [0.1, 0.15) is 11.5 Å². The Kier molecular flexibility index (Phi) is 5.77. The molecular weight excluding hydrogens is 394 g/mol. The highest BCUT2D eigenvalue weighted by atomic mass is 16.5. The number of rotatable bonds is 8. The summed E-state index contributed by atoms with van der Waals surface area (Å²) in [6.07, 6.45) is 0.933. The largest absolute Gasteiger partial charge is 0.497 e. The lowest BCUT2D eigenvalue weighted by Gasteiger charge is -2.11. The topological polar surface area (TPSA) is 79.9 Å². The van der Waals surface area contributed by atoms with Crippen LogP contribution in [0.5, 0.6) is 11.5 Å².